The summed E-state index contributed by atoms with van der Waals surface area (Å²) in [5, 5.41) is 9.69. The van der Waals surface area contributed by atoms with Crippen LogP contribution in [-0.2, 0) is 6.42 Å². The highest BCUT2D eigenvalue weighted by Crippen LogP contribution is 2.20. The quantitative estimate of drug-likeness (QED) is 0.780. The van der Waals surface area contributed by atoms with Crippen molar-refractivity contribution in [2.45, 2.75) is 6.42 Å². The van der Waals surface area contributed by atoms with Crippen molar-refractivity contribution in [2.75, 3.05) is 6.61 Å². The first-order valence-electron chi connectivity index (χ1n) is 7.12. The first-order valence-corrected chi connectivity index (χ1v) is 7.12. The van der Waals surface area contributed by atoms with Gasteiger partial charge in [-0.1, -0.05) is 12.1 Å². The van der Waals surface area contributed by atoms with E-state index in [4.69, 9.17) is 9.84 Å². The van der Waals surface area contributed by atoms with Crippen LogP contribution >= 0.6 is 0 Å². The van der Waals surface area contributed by atoms with Crippen LogP contribution < -0.4 is 4.74 Å². The standard InChI is InChI=1S/C18H14FNO3/c19-15-3-1-2-12(8-15)6-7-23-16-5-4-13-9-14(18(21)22)11-20-17(13)10-16/h1-5,8-11H,6-7H2,(H,21,22). The van der Waals surface area contributed by atoms with Gasteiger partial charge in [-0.2, -0.15) is 0 Å². The fraction of sp³-hybridized carbons (Fsp3) is 0.111. The summed E-state index contributed by atoms with van der Waals surface area (Å²) in [6, 6.07) is 13.3. The van der Waals surface area contributed by atoms with Crippen molar-refractivity contribution in [3.8, 4) is 5.75 Å². The van der Waals surface area contributed by atoms with E-state index in [1.165, 1.54) is 18.3 Å². The number of fused-ring (bicyclic) bond motifs is 1. The van der Waals surface area contributed by atoms with Gasteiger partial charge in [0.05, 0.1) is 17.7 Å². The van der Waals surface area contributed by atoms with Crippen LogP contribution in [0, 0.1) is 5.82 Å². The minimum atomic E-state index is -1.00. The Labute approximate surface area is 132 Å². The number of hydrogen-bond donors (Lipinski definition) is 1. The number of carboxylic acid groups (broad SMARTS) is 1. The zero-order valence-electron chi connectivity index (χ0n) is 12.2. The Morgan fingerprint density at radius 3 is 2.83 bits per heavy atom. The molecule has 0 aliphatic heterocycles. The van der Waals surface area contributed by atoms with Gasteiger partial charge in [0.25, 0.3) is 0 Å². The van der Waals surface area contributed by atoms with Gasteiger partial charge >= 0.3 is 5.97 Å². The maximum Gasteiger partial charge on any atom is 0.337 e. The molecule has 2 aromatic carbocycles. The average molecular weight is 311 g/mol. The fourth-order valence-electron chi connectivity index (χ4n) is 2.29. The molecular formula is C18H14FNO3. The average Bonchev–Trinajstić information content (AvgIpc) is 2.54. The number of nitrogens with zero attached hydrogens (tertiary/aromatic N) is 1. The summed E-state index contributed by atoms with van der Waals surface area (Å²) in [5.74, 6) is -0.620. The number of hydrogen-bond acceptors (Lipinski definition) is 3. The van der Waals surface area contributed by atoms with Gasteiger partial charge in [-0.05, 0) is 35.9 Å². The predicted molar refractivity (Wildman–Crippen MR) is 84.3 cm³/mol. The maximum atomic E-state index is 13.1. The van der Waals surface area contributed by atoms with E-state index in [1.54, 1.807) is 30.3 Å². The molecular weight excluding hydrogens is 297 g/mol. The summed E-state index contributed by atoms with van der Waals surface area (Å²) in [6.45, 7) is 0.419. The molecule has 0 bridgehead atoms. The molecule has 23 heavy (non-hydrogen) atoms. The second-order valence-electron chi connectivity index (χ2n) is 5.11. The molecule has 0 unspecified atom stereocenters. The summed E-state index contributed by atoms with van der Waals surface area (Å²) in [7, 11) is 0. The minimum absolute atomic E-state index is 0.150. The monoisotopic (exact) mass is 311 g/mol. The number of ether oxygens (including phenoxy) is 1. The SMILES string of the molecule is O=C(O)c1cnc2cc(OCCc3cccc(F)c3)ccc2c1. The van der Waals surface area contributed by atoms with Gasteiger partial charge in [0.2, 0.25) is 0 Å². The number of pyridine rings is 1. The first-order chi connectivity index (χ1) is 11.1. The summed E-state index contributed by atoms with van der Waals surface area (Å²) in [4.78, 5) is 15.1. The van der Waals surface area contributed by atoms with Gasteiger partial charge < -0.3 is 9.84 Å². The van der Waals surface area contributed by atoms with Gasteiger partial charge in [-0.25, -0.2) is 9.18 Å². The Morgan fingerprint density at radius 2 is 2.04 bits per heavy atom. The van der Waals surface area contributed by atoms with Crippen molar-refractivity contribution in [3.05, 3.63) is 71.7 Å². The van der Waals surface area contributed by atoms with Crippen LogP contribution in [0.3, 0.4) is 0 Å². The molecule has 1 heterocycles. The summed E-state index contributed by atoms with van der Waals surface area (Å²) >= 11 is 0. The van der Waals surface area contributed by atoms with Gasteiger partial charge in [0.1, 0.15) is 11.6 Å². The lowest BCUT2D eigenvalue weighted by Crippen LogP contribution is -2.02. The summed E-state index contributed by atoms with van der Waals surface area (Å²) in [5.41, 5.74) is 1.69. The van der Waals surface area contributed by atoms with Crippen LogP contribution in [-0.4, -0.2) is 22.7 Å². The van der Waals surface area contributed by atoms with Crippen molar-refractivity contribution in [3.63, 3.8) is 0 Å². The van der Waals surface area contributed by atoms with E-state index in [1.807, 2.05) is 6.07 Å². The second-order valence-corrected chi connectivity index (χ2v) is 5.11. The van der Waals surface area contributed by atoms with Crippen LogP contribution in [0.1, 0.15) is 15.9 Å². The fourth-order valence-corrected chi connectivity index (χ4v) is 2.29. The van der Waals surface area contributed by atoms with Crippen LogP contribution in [0.5, 0.6) is 5.75 Å². The number of halogens is 1. The number of benzene rings is 2. The largest absolute Gasteiger partial charge is 0.493 e. The molecule has 0 saturated heterocycles. The van der Waals surface area contributed by atoms with Crippen molar-refractivity contribution in [2.24, 2.45) is 0 Å². The van der Waals surface area contributed by atoms with E-state index >= 15 is 0 Å². The Morgan fingerprint density at radius 1 is 1.17 bits per heavy atom. The maximum absolute atomic E-state index is 13.1. The topological polar surface area (TPSA) is 59.4 Å². The Bertz CT molecular complexity index is 864. The van der Waals surface area contributed by atoms with E-state index in [2.05, 4.69) is 4.98 Å². The zero-order valence-corrected chi connectivity index (χ0v) is 12.2. The molecule has 116 valence electrons. The van der Waals surface area contributed by atoms with E-state index in [0.717, 1.165) is 10.9 Å². The molecule has 0 fully saturated rings. The third-order valence-electron chi connectivity index (χ3n) is 3.45. The highest BCUT2D eigenvalue weighted by Gasteiger charge is 2.06. The van der Waals surface area contributed by atoms with Gasteiger partial charge in [0, 0.05) is 24.1 Å². The molecule has 0 amide bonds. The van der Waals surface area contributed by atoms with Gasteiger partial charge in [0.15, 0.2) is 0 Å². The number of aromatic nitrogens is 1. The van der Waals surface area contributed by atoms with Crippen molar-refractivity contribution >= 4 is 16.9 Å². The molecule has 0 radical (unpaired) electrons. The molecule has 0 aliphatic carbocycles. The molecule has 5 heteroatoms. The van der Waals surface area contributed by atoms with Crippen LogP contribution in [0.4, 0.5) is 4.39 Å². The van der Waals surface area contributed by atoms with Crippen LogP contribution in [0.25, 0.3) is 10.9 Å². The van der Waals surface area contributed by atoms with Crippen LogP contribution in [0.2, 0.25) is 0 Å². The molecule has 4 nitrogen and oxygen atoms in total. The molecule has 0 atom stereocenters. The van der Waals surface area contributed by atoms with E-state index in [0.29, 0.717) is 24.3 Å². The molecule has 0 saturated carbocycles. The number of carboxylic acids is 1. The van der Waals surface area contributed by atoms with E-state index in [9.17, 15) is 9.18 Å². The van der Waals surface area contributed by atoms with Crippen molar-refractivity contribution in [1.82, 2.24) is 4.98 Å². The number of aromatic carboxylic acids is 1. The zero-order chi connectivity index (χ0) is 16.2. The molecule has 3 aromatic rings. The molecule has 0 spiro atoms. The second kappa shape index (κ2) is 6.44. The number of rotatable bonds is 5. The highest BCUT2D eigenvalue weighted by molar-refractivity contribution is 5.92. The summed E-state index contributed by atoms with van der Waals surface area (Å²) in [6.07, 6.45) is 1.92. The third kappa shape index (κ3) is 3.63. The van der Waals surface area contributed by atoms with Gasteiger partial charge in [-0.3, -0.25) is 4.98 Å². The Kier molecular flexibility index (Phi) is 4.19. The first kappa shape index (κ1) is 15.0. The number of carbonyl (C=O) groups is 1. The molecule has 1 aromatic heterocycles. The van der Waals surface area contributed by atoms with Crippen molar-refractivity contribution < 1.29 is 19.0 Å². The Balaban J connectivity index is 1.68. The smallest absolute Gasteiger partial charge is 0.337 e. The van der Waals surface area contributed by atoms with Crippen LogP contribution in [0.15, 0.2) is 54.7 Å². The Hall–Kier alpha value is -2.95. The summed E-state index contributed by atoms with van der Waals surface area (Å²) < 4.78 is 18.7. The van der Waals surface area contributed by atoms with Crippen molar-refractivity contribution in [1.29, 1.82) is 0 Å². The lowest BCUT2D eigenvalue weighted by Gasteiger charge is -2.07. The highest BCUT2D eigenvalue weighted by atomic mass is 19.1. The lowest BCUT2D eigenvalue weighted by molar-refractivity contribution is 0.0696. The lowest BCUT2D eigenvalue weighted by atomic mass is 10.1. The predicted octanol–water partition coefficient (Wildman–Crippen LogP) is 3.69. The van der Waals surface area contributed by atoms with E-state index < -0.39 is 5.97 Å². The van der Waals surface area contributed by atoms with Gasteiger partial charge in [-0.15, -0.1) is 0 Å². The third-order valence-corrected chi connectivity index (χ3v) is 3.45. The molecule has 3 rings (SSSR count). The molecule has 0 aliphatic rings. The molecule has 1 N–H and O–H groups in total. The van der Waals surface area contributed by atoms with E-state index in [-0.39, 0.29) is 11.4 Å². The minimum Gasteiger partial charge on any atom is -0.493 e. The normalized spacial score (nSPS) is 10.7.